The number of methoxy groups -OCH3 is 1. The van der Waals surface area contributed by atoms with Crippen molar-refractivity contribution in [3.63, 3.8) is 0 Å². The molecule has 0 aliphatic carbocycles. The second-order valence-electron chi connectivity index (χ2n) is 6.96. The maximum Gasteiger partial charge on any atom is 0.229 e. The number of hydrogen-bond acceptors (Lipinski definition) is 5. The van der Waals surface area contributed by atoms with Crippen LogP contribution in [-0.4, -0.2) is 50.4 Å². The standard InChI is InChI=1S/C19H24N2O4/c1-19(5-7-24-8-6-19)18(22)21-11-15-4-3-14(10-20)9-17(15)25-13-16(21)12-23-2/h3-4,9,16H,5-8,11-13H2,1-2H3/t16-/m0/s1. The number of benzene rings is 1. The highest BCUT2D eigenvalue weighted by Crippen LogP contribution is 2.35. The largest absolute Gasteiger partial charge is 0.491 e. The van der Waals surface area contributed by atoms with Crippen LogP contribution in [0.15, 0.2) is 18.2 Å². The molecule has 3 rings (SSSR count). The summed E-state index contributed by atoms with van der Waals surface area (Å²) >= 11 is 0. The van der Waals surface area contributed by atoms with E-state index in [4.69, 9.17) is 19.5 Å². The highest BCUT2D eigenvalue weighted by atomic mass is 16.5. The molecule has 2 aliphatic heterocycles. The van der Waals surface area contributed by atoms with Crippen LogP contribution in [0.5, 0.6) is 5.75 Å². The Bertz CT molecular complexity index is 676. The second kappa shape index (κ2) is 7.42. The molecule has 0 bridgehead atoms. The second-order valence-corrected chi connectivity index (χ2v) is 6.96. The zero-order chi connectivity index (χ0) is 17.9. The summed E-state index contributed by atoms with van der Waals surface area (Å²) < 4.78 is 16.7. The molecule has 0 radical (unpaired) electrons. The quantitative estimate of drug-likeness (QED) is 0.840. The molecule has 1 fully saturated rings. The Kier molecular flexibility index (Phi) is 5.26. The van der Waals surface area contributed by atoms with Crippen molar-refractivity contribution in [3.8, 4) is 11.8 Å². The van der Waals surface area contributed by atoms with E-state index in [0.29, 0.717) is 44.3 Å². The van der Waals surface area contributed by atoms with Gasteiger partial charge in [-0.25, -0.2) is 0 Å². The molecule has 6 heteroatoms. The molecule has 0 spiro atoms. The molecular formula is C19H24N2O4. The summed E-state index contributed by atoms with van der Waals surface area (Å²) in [6.07, 6.45) is 1.45. The van der Waals surface area contributed by atoms with Crippen LogP contribution in [0.3, 0.4) is 0 Å². The number of ether oxygens (including phenoxy) is 3. The number of carbonyl (C=O) groups is 1. The van der Waals surface area contributed by atoms with E-state index in [1.165, 1.54) is 0 Å². The fourth-order valence-electron chi connectivity index (χ4n) is 3.43. The minimum absolute atomic E-state index is 0.124. The Morgan fingerprint density at radius 1 is 1.44 bits per heavy atom. The van der Waals surface area contributed by atoms with Crippen molar-refractivity contribution in [1.29, 1.82) is 5.26 Å². The predicted octanol–water partition coefficient (Wildman–Crippen LogP) is 2.11. The third-order valence-corrected chi connectivity index (χ3v) is 5.14. The van der Waals surface area contributed by atoms with Gasteiger partial charge in [-0.05, 0) is 25.0 Å². The monoisotopic (exact) mass is 344 g/mol. The predicted molar refractivity (Wildman–Crippen MR) is 91.0 cm³/mol. The van der Waals surface area contributed by atoms with Gasteiger partial charge in [0, 0.05) is 32.4 Å². The number of nitrogens with zero attached hydrogens (tertiary/aromatic N) is 2. The van der Waals surface area contributed by atoms with Crippen LogP contribution < -0.4 is 4.74 Å². The van der Waals surface area contributed by atoms with Crippen molar-refractivity contribution in [3.05, 3.63) is 29.3 Å². The molecule has 0 unspecified atom stereocenters. The normalized spacial score (nSPS) is 22.3. The number of carbonyl (C=O) groups excluding carboxylic acids is 1. The van der Waals surface area contributed by atoms with E-state index in [0.717, 1.165) is 18.4 Å². The molecule has 0 N–H and O–H groups in total. The molecule has 1 atom stereocenters. The molecule has 0 aromatic heterocycles. The smallest absolute Gasteiger partial charge is 0.229 e. The lowest BCUT2D eigenvalue weighted by molar-refractivity contribution is -0.151. The third kappa shape index (κ3) is 3.63. The summed E-state index contributed by atoms with van der Waals surface area (Å²) in [6, 6.07) is 7.34. The van der Waals surface area contributed by atoms with Gasteiger partial charge in [0.15, 0.2) is 0 Å². The highest BCUT2D eigenvalue weighted by molar-refractivity contribution is 5.83. The fraction of sp³-hybridized carbons (Fsp3) is 0.579. The molecule has 6 nitrogen and oxygen atoms in total. The van der Waals surface area contributed by atoms with Crippen LogP contribution in [0.2, 0.25) is 0 Å². The zero-order valence-electron chi connectivity index (χ0n) is 14.8. The number of fused-ring (bicyclic) bond motifs is 1. The van der Waals surface area contributed by atoms with E-state index in [2.05, 4.69) is 6.07 Å². The molecule has 2 heterocycles. The summed E-state index contributed by atoms with van der Waals surface area (Å²) in [5, 5.41) is 9.09. The minimum atomic E-state index is -0.415. The maximum absolute atomic E-state index is 13.4. The first kappa shape index (κ1) is 17.7. The van der Waals surface area contributed by atoms with E-state index in [1.807, 2.05) is 17.9 Å². The van der Waals surface area contributed by atoms with Gasteiger partial charge < -0.3 is 19.1 Å². The summed E-state index contributed by atoms with van der Waals surface area (Å²) in [5.74, 6) is 0.797. The van der Waals surface area contributed by atoms with Gasteiger partial charge in [0.1, 0.15) is 12.4 Å². The van der Waals surface area contributed by atoms with E-state index < -0.39 is 5.41 Å². The number of amides is 1. The van der Waals surface area contributed by atoms with Gasteiger partial charge in [-0.15, -0.1) is 0 Å². The number of nitriles is 1. The fourth-order valence-corrected chi connectivity index (χ4v) is 3.43. The van der Waals surface area contributed by atoms with Crippen molar-refractivity contribution in [2.45, 2.75) is 32.4 Å². The minimum Gasteiger partial charge on any atom is -0.491 e. The molecule has 25 heavy (non-hydrogen) atoms. The number of hydrogen-bond donors (Lipinski definition) is 0. The molecule has 1 amide bonds. The summed E-state index contributed by atoms with van der Waals surface area (Å²) in [7, 11) is 1.63. The van der Waals surface area contributed by atoms with Crippen LogP contribution in [0.4, 0.5) is 0 Å². The summed E-state index contributed by atoms with van der Waals surface area (Å²) in [4.78, 5) is 15.2. The van der Waals surface area contributed by atoms with Crippen LogP contribution >= 0.6 is 0 Å². The van der Waals surface area contributed by atoms with E-state index in [-0.39, 0.29) is 11.9 Å². The first-order valence-electron chi connectivity index (χ1n) is 8.61. The van der Waals surface area contributed by atoms with E-state index >= 15 is 0 Å². The van der Waals surface area contributed by atoms with Crippen LogP contribution in [0.1, 0.15) is 30.9 Å². The van der Waals surface area contributed by atoms with Crippen molar-refractivity contribution in [2.75, 3.05) is 33.5 Å². The van der Waals surface area contributed by atoms with Gasteiger partial charge in [0.2, 0.25) is 5.91 Å². The van der Waals surface area contributed by atoms with Crippen LogP contribution in [0, 0.1) is 16.7 Å². The molecule has 1 aromatic carbocycles. The summed E-state index contributed by atoms with van der Waals surface area (Å²) in [6.45, 7) is 4.48. The average molecular weight is 344 g/mol. The number of rotatable bonds is 3. The van der Waals surface area contributed by atoms with Gasteiger partial charge in [-0.1, -0.05) is 13.0 Å². The van der Waals surface area contributed by atoms with E-state index in [9.17, 15) is 4.79 Å². The van der Waals surface area contributed by atoms with Gasteiger partial charge in [0.25, 0.3) is 0 Å². The first-order chi connectivity index (χ1) is 12.1. The van der Waals surface area contributed by atoms with E-state index in [1.54, 1.807) is 19.2 Å². The van der Waals surface area contributed by atoms with Crippen LogP contribution in [-0.2, 0) is 20.8 Å². The Balaban J connectivity index is 1.90. The average Bonchev–Trinajstić information content (AvgIpc) is 2.81. The lowest BCUT2D eigenvalue weighted by Crippen LogP contribution is -2.51. The lowest BCUT2D eigenvalue weighted by atomic mass is 9.80. The summed E-state index contributed by atoms with van der Waals surface area (Å²) in [5.41, 5.74) is 1.06. The molecule has 134 valence electrons. The molecule has 0 saturated carbocycles. The van der Waals surface area contributed by atoms with Crippen LogP contribution in [0.25, 0.3) is 0 Å². The van der Waals surface area contributed by atoms with Crippen molar-refractivity contribution in [2.24, 2.45) is 5.41 Å². The topological polar surface area (TPSA) is 71.8 Å². The third-order valence-electron chi connectivity index (χ3n) is 5.14. The van der Waals surface area contributed by atoms with Gasteiger partial charge in [-0.2, -0.15) is 5.26 Å². The van der Waals surface area contributed by atoms with Gasteiger partial charge in [-0.3, -0.25) is 4.79 Å². The molecule has 2 aliphatic rings. The Morgan fingerprint density at radius 2 is 2.20 bits per heavy atom. The van der Waals surface area contributed by atoms with Crippen molar-refractivity contribution < 1.29 is 19.0 Å². The van der Waals surface area contributed by atoms with Crippen molar-refractivity contribution >= 4 is 5.91 Å². The Labute approximate surface area is 148 Å². The zero-order valence-corrected chi connectivity index (χ0v) is 14.8. The van der Waals surface area contributed by atoms with Crippen molar-refractivity contribution in [1.82, 2.24) is 4.90 Å². The maximum atomic E-state index is 13.4. The lowest BCUT2D eigenvalue weighted by Gasteiger charge is -2.39. The SMILES string of the molecule is COC[C@H]1COc2cc(C#N)ccc2CN1C(=O)C1(C)CCOCC1. The molecular weight excluding hydrogens is 320 g/mol. The van der Waals surface area contributed by atoms with Gasteiger partial charge in [0.05, 0.1) is 29.7 Å². The Morgan fingerprint density at radius 3 is 2.88 bits per heavy atom. The molecule has 1 saturated heterocycles. The Hall–Kier alpha value is -2.10. The molecule has 1 aromatic rings. The highest BCUT2D eigenvalue weighted by Gasteiger charge is 2.41. The van der Waals surface area contributed by atoms with Gasteiger partial charge >= 0.3 is 0 Å². The first-order valence-corrected chi connectivity index (χ1v) is 8.61.